The third-order valence-corrected chi connectivity index (χ3v) is 4.25. The average Bonchev–Trinajstić information content (AvgIpc) is 3.29. The first kappa shape index (κ1) is 15.4. The molecule has 120 valence electrons. The van der Waals surface area contributed by atoms with Gasteiger partial charge in [-0.25, -0.2) is 9.97 Å². The molecule has 0 aromatic carbocycles. The van der Waals surface area contributed by atoms with Crippen LogP contribution in [0.5, 0.6) is 0 Å². The van der Waals surface area contributed by atoms with E-state index in [-0.39, 0.29) is 6.29 Å². The van der Waals surface area contributed by atoms with Gasteiger partial charge in [-0.2, -0.15) is 0 Å². The number of hydrogen-bond acceptors (Lipinski definition) is 6. The molecule has 6 heteroatoms. The fraction of sp³-hybridized carbons (Fsp3) is 0.625. The van der Waals surface area contributed by atoms with Crippen LogP contribution in [-0.2, 0) is 14.2 Å². The Bertz CT molecular complexity index is 586. The Morgan fingerprint density at radius 3 is 2.68 bits per heavy atom. The van der Waals surface area contributed by atoms with Crippen LogP contribution in [-0.4, -0.2) is 42.8 Å². The van der Waals surface area contributed by atoms with Crippen LogP contribution in [0.1, 0.15) is 35.8 Å². The first-order valence-corrected chi connectivity index (χ1v) is 7.61. The molecule has 1 aliphatic heterocycles. The third kappa shape index (κ3) is 2.99. The largest absolute Gasteiger partial charge is 0.364 e. The summed E-state index contributed by atoms with van der Waals surface area (Å²) >= 11 is 0. The zero-order valence-electron chi connectivity index (χ0n) is 13.5. The molecule has 1 aliphatic carbocycles. The van der Waals surface area contributed by atoms with Crippen LogP contribution in [0.25, 0.3) is 0 Å². The summed E-state index contributed by atoms with van der Waals surface area (Å²) in [6, 6.07) is 0. The minimum absolute atomic E-state index is 0.378. The van der Waals surface area contributed by atoms with Gasteiger partial charge in [-0.3, -0.25) is 0 Å². The Morgan fingerprint density at radius 1 is 1.32 bits per heavy atom. The minimum atomic E-state index is -0.828. The Kier molecular flexibility index (Phi) is 4.16. The second kappa shape index (κ2) is 5.95. The molecule has 1 aromatic rings. The van der Waals surface area contributed by atoms with E-state index in [2.05, 4.69) is 15.3 Å². The number of ether oxygens (including phenoxy) is 3. The van der Waals surface area contributed by atoms with Crippen molar-refractivity contribution in [2.24, 2.45) is 0 Å². The third-order valence-electron chi connectivity index (χ3n) is 4.25. The lowest BCUT2D eigenvalue weighted by Crippen LogP contribution is -2.39. The lowest BCUT2D eigenvalue weighted by atomic mass is 10.2. The van der Waals surface area contributed by atoms with Crippen molar-refractivity contribution in [2.45, 2.75) is 44.7 Å². The number of nitrogens with zero attached hydrogens (tertiary/aromatic N) is 2. The maximum Gasteiger partial charge on any atom is 0.208 e. The molecule has 6 nitrogen and oxygen atoms in total. The van der Waals surface area contributed by atoms with Gasteiger partial charge in [-0.15, -0.1) is 0 Å². The van der Waals surface area contributed by atoms with Gasteiger partial charge in [0, 0.05) is 31.4 Å². The van der Waals surface area contributed by atoms with Gasteiger partial charge >= 0.3 is 0 Å². The van der Waals surface area contributed by atoms with Crippen molar-refractivity contribution >= 4 is 5.82 Å². The Hall–Kier alpha value is -1.50. The molecule has 1 saturated carbocycles. The highest BCUT2D eigenvalue weighted by Gasteiger charge is 2.36. The van der Waals surface area contributed by atoms with Crippen molar-refractivity contribution in [3.05, 3.63) is 29.2 Å². The quantitative estimate of drug-likeness (QED) is 0.813. The van der Waals surface area contributed by atoms with Crippen molar-refractivity contribution in [1.29, 1.82) is 0 Å². The maximum atomic E-state index is 5.77. The molecule has 1 fully saturated rings. The number of nitrogens with one attached hydrogen (secondary N) is 1. The predicted molar refractivity (Wildman–Crippen MR) is 82.7 cm³/mol. The molecule has 3 rings (SSSR count). The zero-order valence-corrected chi connectivity index (χ0v) is 13.5. The fourth-order valence-corrected chi connectivity index (χ4v) is 2.47. The minimum Gasteiger partial charge on any atom is -0.364 e. The number of aryl methyl sites for hydroxylation is 1. The van der Waals surface area contributed by atoms with Crippen molar-refractivity contribution < 1.29 is 14.2 Å². The molecule has 0 radical (unpaired) electrons. The highest BCUT2D eigenvalue weighted by Crippen LogP contribution is 2.39. The Labute approximate surface area is 130 Å². The molecule has 2 atom stereocenters. The van der Waals surface area contributed by atoms with Crippen LogP contribution >= 0.6 is 0 Å². The standard InChI is InChI=1S/C16H23N3O3/c1-10-11(2)18-15(12-5-6-12)19-14(10)17-9-16(21-4)8-7-13(20-3)22-16/h7-8,12-13H,5-6,9H2,1-4H3,(H,17,18,19). The maximum absolute atomic E-state index is 5.77. The van der Waals surface area contributed by atoms with E-state index in [1.165, 1.54) is 12.8 Å². The normalized spacial score (nSPS) is 27.4. The van der Waals surface area contributed by atoms with Gasteiger partial charge in [0.2, 0.25) is 5.79 Å². The molecular weight excluding hydrogens is 282 g/mol. The van der Waals surface area contributed by atoms with Gasteiger partial charge in [0.25, 0.3) is 0 Å². The summed E-state index contributed by atoms with van der Waals surface area (Å²) in [5, 5.41) is 3.35. The summed E-state index contributed by atoms with van der Waals surface area (Å²) in [5.74, 6) is 1.49. The fourth-order valence-electron chi connectivity index (χ4n) is 2.47. The van der Waals surface area contributed by atoms with Crippen LogP contribution in [0.2, 0.25) is 0 Å². The van der Waals surface area contributed by atoms with Crippen LogP contribution in [0, 0.1) is 13.8 Å². The van der Waals surface area contributed by atoms with E-state index in [0.717, 1.165) is 22.9 Å². The van der Waals surface area contributed by atoms with Gasteiger partial charge < -0.3 is 19.5 Å². The summed E-state index contributed by atoms with van der Waals surface area (Å²) < 4.78 is 16.5. The molecule has 1 aromatic heterocycles. The number of aromatic nitrogens is 2. The molecule has 2 unspecified atom stereocenters. The van der Waals surface area contributed by atoms with Crippen molar-refractivity contribution in [1.82, 2.24) is 9.97 Å². The van der Waals surface area contributed by atoms with Crippen LogP contribution in [0.3, 0.4) is 0 Å². The van der Waals surface area contributed by atoms with E-state index in [1.54, 1.807) is 14.2 Å². The van der Waals surface area contributed by atoms with E-state index in [9.17, 15) is 0 Å². The summed E-state index contributed by atoms with van der Waals surface area (Å²) in [4.78, 5) is 9.26. The number of rotatable bonds is 6. The molecule has 0 spiro atoms. The smallest absolute Gasteiger partial charge is 0.208 e. The lowest BCUT2D eigenvalue weighted by molar-refractivity contribution is -0.234. The molecule has 0 bridgehead atoms. The molecular formula is C16H23N3O3. The topological polar surface area (TPSA) is 65.5 Å². The predicted octanol–water partition coefficient (Wildman–Crippen LogP) is 2.28. The molecule has 0 saturated heterocycles. The van der Waals surface area contributed by atoms with Crippen molar-refractivity contribution in [2.75, 3.05) is 26.1 Å². The number of anilines is 1. The van der Waals surface area contributed by atoms with E-state index in [1.807, 2.05) is 26.0 Å². The van der Waals surface area contributed by atoms with E-state index in [4.69, 9.17) is 14.2 Å². The molecule has 2 heterocycles. The van der Waals surface area contributed by atoms with Crippen LogP contribution < -0.4 is 5.32 Å². The number of methoxy groups -OCH3 is 2. The molecule has 2 aliphatic rings. The van der Waals surface area contributed by atoms with Gasteiger partial charge in [-0.1, -0.05) is 0 Å². The summed E-state index contributed by atoms with van der Waals surface area (Å²) in [7, 11) is 3.23. The second-order valence-electron chi connectivity index (χ2n) is 5.87. The highest BCUT2D eigenvalue weighted by atomic mass is 16.8. The first-order valence-electron chi connectivity index (χ1n) is 7.61. The zero-order chi connectivity index (χ0) is 15.7. The Morgan fingerprint density at radius 2 is 2.09 bits per heavy atom. The molecule has 1 N–H and O–H groups in total. The monoisotopic (exact) mass is 305 g/mol. The van der Waals surface area contributed by atoms with E-state index < -0.39 is 5.79 Å². The lowest BCUT2D eigenvalue weighted by Gasteiger charge is -2.27. The molecule has 22 heavy (non-hydrogen) atoms. The highest BCUT2D eigenvalue weighted by molar-refractivity contribution is 5.46. The van der Waals surface area contributed by atoms with E-state index >= 15 is 0 Å². The van der Waals surface area contributed by atoms with Gasteiger partial charge in [-0.05, 0) is 38.8 Å². The van der Waals surface area contributed by atoms with Crippen LogP contribution in [0.4, 0.5) is 5.82 Å². The Balaban J connectivity index is 1.74. The van der Waals surface area contributed by atoms with E-state index in [0.29, 0.717) is 12.5 Å². The van der Waals surface area contributed by atoms with Crippen molar-refractivity contribution in [3.8, 4) is 0 Å². The van der Waals surface area contributed by atoms with Crippen LogP contribution in [0.15, 0.2) is 12.2 Å². The SMILES string of the molecule is COC1C=CC(CNc2nc(C3CC3)nc(C)c2C)(OC)O1. The molecule has 0 amide bonds. The first-order chi connectivity index (χ1) is 10.6. The van der Waals surface area contributed by atoms with Gasteiger partial charge in [0.1, 0.15) is 11.6 Å². The van der Waals surface area contributed by atoms with Gasteiger partial charge in [0.05, 0.1) is 6.54 Å². The average molecular weight is 305 g/mol. The summed E-state index contributed by atoms with van der Waals surface area (Å²) in [6.07, 6.45) is 5.71. The summed E-state index contributed by atoms with van der Waals surface area (Å²) in [5.41, 5.74) is 2.07. The summed E-state index contributed by atoms with van der Waals surface area (Å²) in [6.45, 7) is 4.51. The second-order valence-corrected chi connectivity index (χ2v) is 5.87. The van der Waals surface area contributed by atoms with Gasteiger partial charge in [0.15, 0.2) is 6.29 Å². The van der Waals surface area contributed by atoms with Crippen molar-refractivity contribution in [3.63, 3.8) is 0 Å². The number of hydrogen-bond donors (Lipinski definition) is 1.